The number of nitrogen functional groups attached to an aromatic ring is 2. The normalized spacial score (nSPS) is 9.75. The Morgan fingerprint density at radius 1 is 1.42 bits per heavy atom. The maximum absolute atomic E-state index is 5.84. The number of benzene rings is 1. The van der Waals surface area contributed by atoms with E-state index in [-0.39, 0.29) is 0 Å². The molecule has 0 unspecified atom stereocenters. The summed E-state index contributed by atoms with van der Waals surface area (Å²) in [5, 5.41) is 0. The molecule has 0 radical (unpaired) electrons. The highest BCUT2D eigenvalue weighted by atomic mass is 14.6. The molecule has 64 valence electrons. The van der Waals surface area contributed by atoms with E-state index in [0.717, 1.165) is 28.9 Å². The zero-order valence-corrected chi connectivity index (χ0v) is 7.30. The summed E-state index contributed by atoms with van der Waals surface area (Å²) in [5.41, 5.74) is 15.1. The zero-order chi connectivity index (χ0) is 9.14. The van der Waals surface area contributed by atoms with Gasteiger partial charge in [0.05, 0.1) is 0 Å². The Balaban J connectivity index is 3.16. The van der Waals surface area contributed by atoms with Crippen molar-refractivity contribution in [3.63, 3.8) is 0 Å². The van der Waals surface area contributed by atoms with Gasteiger partial charge >= 0.3 is 0 Å². The molecule has 2 nitrogen and oxygen atoms in total. The summed E-state index contributed by atoms with van der Waals surface area (Å²) in [7, 11) is 0. The maximum Gasteiger partial charge on any atom is 0.0400 e. The van der Waals surface area contributed by atoms with E-state index in [4.69, 9.17) is 11.5 Å². The van der Waals surface area contributed by atoms with Crippen LogP contribution in [0.5, 0.6) is 0 Å². The second kappa shape index (κ2) is 3.30. The van der Waals surface area contributed by atoms with Gasteiger partial charge in [-0.15, -0.1) is 6.58 Å². The van der Waals surface area contributed by atoms with Crippen molar-refractivity contribution >= 4 is 11.4 Å². The fourth-order valence-corrected chi connectivity index (χ4v) is 1.13. The molecule has 12 heavy (non-hydrogen) atoms. The van der Waals surface area contributed by atoms with Crippen LogP contribution in [0.1, 0.15) is 11.1 Å². The maximum atomic E-state index is 5.84. The average Bonchev–Trinajstić information content (AvgIpc) is 2.07. The van der Waals surface area contributed by atoms with Gasteiger partial charge in [-0.25, -0.2) is 0 Å². The molecule has 0 aliphatic rings. The lowest BCUT2D eigenvalue weighted by Crippen LogP contribution is -2.00. The van der Waals surface area contributed by atoms with Crippen LogP contribution in [0.25, 0.3) is 0 Å². The Hall–Kier alpha value is -1.44. The van der Waals surface area contributed by atoms with Crippen LogP contribution in [0.15, 0.2) is 24.8 Å². The Kier molecular flexibility index (Phi) is 2.38. The van der Waals surface area contributed by atoms with Crippen LogP contribution in [-0.2, 0) is 6.42 Å². The highest BCUT2D eigenvalue weighted by Crippen LogP contribution is 2.22. The minimum Gasteiger partial charge on any atom is -0.398 e. The molecule has 0 aliphatic heterocycles. The van der Waals surface area contributed by atoms with Gasteiger partial charge in [0.2, 0.25) is 0 Å². The second-order valence-corrected chi connectivity index (χ2v) is 2.85. The molecule has 0 aliphatic carbocycles. The Morgan fingerprint density at radius 3 is 2.67 bits per heavy atom. The quantitative estimate of drug-likeness (QED) is 0.515. The van der Waals surface area contributed by atoms with Gasteiger partial charge in [-0.05, 0) is 30.5 Å². The number of hydrogen-bond acceptors (Lipinski definition) is 2. The van der Waals surface area contributed by atoms with Crippen molar-refractivity contribution in [2.45, 2.75) is 13.3 Å². The first-order valence-corrected chi connectivity index (χ1v) is 3.91. The summed E-state index contributed by atoms with van der Waals surface area (Å²) in [6, 6.07) is 3.82. The lowest BCUT2D eigenvalue weighted by molar-refractivity contribution is 1.26. The number of nitrogens with two attached hydrogens (primary N) is 2. The van der Waals surface area contributed by atoms with Crippen molar-refractivity contribution in [2.24, 2.45) is 0 Å². The van der Waals surface area contributed by atoms with Crippen molar-refractivity contribution < 1.29 is 0 Å². The van der Waals surface area contributed by atoms with Crippen LogP contribution in [-0.4, -0.2) is 0 Å². The smallest absolute Gasteiger partial charge is 0.0400 e. The molecule has 2 heteroatoms. The second-order valence-electron chi connectivity index (χ2n) is 2.85. The van der Waals surface area contributed by atoms with Crippen molar-refractivity contribution in [1.82, 2.24) is 0 Å². The molecular weight excluding hydrogens is 148 g/mol. The molecule has 0 fully saturated rings. The van der Waals surface area contributed by atoms with Crippen molar-refractivity contribution in [1.29, 1.82) is 0 Å². The van der Waals surface area contributed by atoms with Gasteiger partial charge in [0.25, 0.3) is 0 Å². The summed E-state index contributed by atoms with van der Waals surface area (Å²) in [6.07, 6.45) is 2.63. The van der Waals surface area contributed by atoms with Gasteiger partial charge in [0, 0.05) is 11.4 Å². The van der Waals surface area contributed by atoms with Crippen LogP contribution in [0.2, 0.25) is 0 Å². The Labute approximate surface area is 72.9 Å². The van der Waals surface area contributed by atoms with Crippen LogP contribution in [0.3, 0.4) is 0 Å². The molecule has 1 rings (SSSR count). The Bertz CT molecular complexity index is 303. The van der Waals surface area contributed by atoms with E-state index >= 15 is 0 Å². The summed E-state index contributed by atoms with van der Waals surface area (Å²) in [6.45, 7) is 5.59. The average molecular weight is 162 g/mol. The van der Waals surface area contributed by atoms with E-state index in [0.29, 0.717) is 0 Å². The molecule has 4 N–H and O–H groups in total. The Morgan fingerprint density at radius 2 is 2.08 bits per heavy atom. The molecule has 0 atom stereocenters. The van der Waals surface area contributed by atoms with E-state index in [1.54, 1.807) is 0 Å². The molecule has 0 heterocycles. The highest BCUT2D eigenvalue weighted by molar-refractivity contribution is 5.64. The SMILES string of the molecule is C=CCc1ccc(N)c(C)c1N. The molecule has 0 bridgehead atoms. The summed E-state index contributed by atoms with van der Waals surface area (Å²) >= 11 is 0. The molecule has 0 saturated carbocycles. The van der Waals surface area contributed by atoms with Crippen LogP contribution in [0.4, 0.5) is 11.4 Å². The predicted molar refractivity (Wildman–Crippen MR) is 53.9 cm³/mol. The summed E-state index contributed by atoms with van der Waals surface area (Å²) in [5.74, 6) is 0. The largest absolute Gasteiger partial charge is 0.398 e. The monoisotopic (exact) mass is 162 g/mol. The minimum absolute atomic E-state index is 0.750. The fourth-order valence-electron chi connectivity index (χ4n) is 1.13. The molecule has 0 saturated heterocycles. The third-order valence-electron chi connectivity index (χ3n) is 2.01. The molecule has 0 aromatic heterocycles. The molecule has 1 aromatic rings. The predicted octanol–water partition coefficient (Wildman–Crippen LogP) is 1.89. The van der Waals surface area contributed by atoms with Crippen LogP contribution in [0, 0.1) is 6.92 Å². The standard InChI is InChI=1S/C10H14N2/c1-3-4-8-5-6-9(11)7(2)10(8)12/h3,5-6H,1,4,11-12H2,2H3. The number of rotatable bonds is 2. The first kappa shape index (κ1) is 8.65. The van der Waals surface area contributed by atoms with E-state index < -0.39 is 0 Å². The van der Waals surface area contributed by atoms with Gasteiger partial charge in [-0.3, -0.25) is 0 Å². The minimum atomic E-state index is 0.750. The van der Waals surface area contributed by atoms with Crippen LogP contribution < -0.4 is 11.5 Å². The molecule has 1 aromatic carbocycles. The van der Waals surface area contributed by atoms with Crippen molar-refractivity contribution in [3.8, 4) is 0 Å². The van der Waals surface area contributed by atoms with E-state index in [9.17, 15) is 0 Å². The van der Waals surface area contributed by atoms with Gasteiger partial charge < -0.3 is 11.5 Å². The van der Waals surface area contributed by atoms with Crippen LogP contribution >= 0.6 is 0 Å². The lowest BCUT2D eigenvalue weighted by atomic mass is 10.0. The number of anilines is 2. The fraction of sp³-hybridized carbons (Fsp3) is 0.200. The number of allylic oxidation sites excluding steroid dienone is 1. The molecular formula is C10H14N2. The molecule has 0 amide bonds. The van der Waals surface area contributed by atoms with Gasteiger partial charge in [-0.1, -0.05) is 12.1 Å². The first-order valence-electron chi connectivity index (χ1n) is 3.91. The topological polar surface area (TPSA) is 52.0 Å². The van der Waals surface area contributed by atoms with Crippen molar-refractivity contribution in [2.75, 3.05) is 11.5 Å². The highest BCUT2D eigenvalue weighted by Gasteiger charge is 2.02. The van der Waals surface area contributed by atoms with E-state index in [2.05, 4.69) is 6.58 Å². The summed E-state index contributed by atoms with van der Waals surface area (Å²) < 4.78 is 0. The van der Waals surface area contributed by atoms with E-state index in [1.807, 2.05) is 25.1 Å². The lowest BCUT2D eigenvalue weighted by Gasteiger charge is -2.08. The number of hydrogen-bond donors (Lipinski definition) is 2. The van der Waals surface area contributed by atoms with Crippen molar-refractivity contribution in [3.05, 3.63) is 35.9 Å². The first-order chi connectivity index (χ1) is 5.66. The van der Waals surface area contributed by atoms with Gasteiger partial charge in [-0.2, -0.15) is 0 Å². The van der Waals surface area contributed by atoms with Gasteiger partial charge in [0.1, 0.15) is 0 Å². The third-order valence-corrected chi connectivity index (χ3v) is 2.01. The summed E-state index contributed by atoms with van der Waals surface area (Å²) in [4.78, 5) is 0. The van der Waals surface area contributed by atoms with E-state index in [1.165, 1.54) is 0 Å². The third kappa shape index (κ3) is 1.42. The zero-order valence-electron chi connectivity index (χ0n) is 7.30. The molecule has 0 spiro atoms. The van der Waals surface area contributed by atoms with Gasteiger partial charge in [0.15, 0.2) is 0 Å².